The van der Waals surface area contributed by atoms with E-state index < -0.39 is 24.6 Å². The van der Waals surface area contributed by atoms with Crippen molar-refractivity contribution in [3.63, 3.8) is 0 Å². The van der Waals surface area contributed by atoms with Gasteiger partial charge in [0.25, 0.3) is 0 Å². The number of carbonyl (C=O) groups is 4. The number of hydrogen-bond acceptors (Lipinski definition) is 13. The second-order valence-corrected chi connectivity index (χ2v) is 21.1. The summed E-state index contributed by atoms with van der Waals surface area (Å²) in [6.07, 6.45) is 38.6. The number of ether oxygens (including phenoxy) is 8. The van der Waals surface area contributed by atoms with Crippen LogP contribution in [0.3, 0.4) is 0 Å². The molecule has 0 spiro atoms. The standard InChI is InChI=1S/C60H113NO12/c1-6-9-12-24-33-42-54(62)66-45-36-27-18-15-21-30-39-48-69-58-53(52-72-57(65)51-61(4)5)73-60(71-50-41-32-23-17-20-29-38-47-68-56(64)44-35-26-14-11-8-3)59(58)70-49-40-31-22-16-19-28-37-46-67-55(63)43-34-25-13-10-7-2/h53,58-60H,6-52H2,1-5H3/t53-,58?,59+,60-/m1/s1. The van der Waals surface area contributed by atoms with Crippen molar-refractivity contribution in [2.24, 2.45) is 0 Å². The highest BCUT2D eigenvalue weighted by Gasteiger charge is 2.47. The summed E-state index contributed by atoms with van der Waals surface area (Å²) in [5.74, 6) is -0.484. The molecule has 13 heteroatoms. The molecule has 1 saturated heterocycles. The number of nitrogens with zero attached hydrogens (tertiary/aromatic N) is 1. The van der Waals surface area contributed by atoms with Gasteiger partial charge < -0.3 is 37.9 Å². The van der Waals surface area contributed by atoms with Gasteiger partial charge in [0.1, 0.15) is 24.9 Å². The number of carbonyl (C=O) groups excluding carboxylic acids is 4. The summed E-state index contributed by atoms with van der Waals surface area (Å²) in [5.41, 5.74) is 0. The molecule has 0 saturated carbocycles. The normalized spacial score (nSPS) is 16.6. The van der Waals surface area contributed by atoms with Crippen LogP contribution in [0.25, 0.3) is 0 Å². The molecule has 0 aromatic carbocycles. The molecule has 1 aliphatic heterocycles. The molecule has 0 aromatic rings. The number of unbranched alkanes of at least 4 members (excludes halogenated alkanes) is 30. The summed E-state index contributed by atoms with van der Waals surface area (Å²) in [6.45, 7) is 10.1. The zero-order valence-electron chi connectivity index (χ0n) is 47.9. The Balaban J connectivity index is 2.60. The second-order valence-electron chi connectivity index (χ2n) is 21.1. The lowest BCUT2D eigenvalue weighted by molar-refractivity contribution is -0.184. The van der Waals surface area contributed by atoms with E-state index in [1.54, 1.807) is 4.90 Å². The SMILES string of the molecule is CCCCCCCC(=O)OCCCCCCCCCOC1[C@@H](COC(=O)CN(C)C)O[C@@H](OCCCCCCCCCOC(=O)CCCCCCC)[C@H]1OCCCCCCCCCOC(=O)CCCCCCC. The molecule has 430 valence electrons. The van der Waals surface area contributed by atoms with Gasteiger partial charge in [0.15, 0.2) is 6.29 Å². The van der Waals surface area contributed by atoms with Gasteiger partial charge in [-0.05, 0) is 71.9 Å². The summed E-state index contributed by atoms with van der Waals surface area (Å²) in [7, 11) is 3.69. The lowest BCUT2D eigenvalue weighted by Gasteiger charge is -2.25. The quantitative estimate of drug-likeness (QED) is 0.0324. The van der Waals surface area contributed by atoms with Crippen LogP contribution in [0.4, 0.5) is 0 Å². The predicted octanol–water partition coefficient (Wildman–Crippen LogP) is 14.5. The Morgan fingerprint density at radius 3 is 1.00 bits per heavy atom. The Morgan fingerprint density at radius 2 is 0.644 bits per heavy atom. The first-order valence-electron chi connectivity index (χ1n) is 30.5. The number of esters is 4. The second kappa shape index (κ2) is 51.8. The molecule has 0 radical (unpaired) electrons. The Hall–Kier alpha value is -2.32. The summed E-state index contributed by atoms with van der Waals surface area (Å²) in [4.78, 5) is 50.5. The molecule has 4 atom stereocenters. The Kier molecular flexibility index (Phi) is 48.7. The molecule has 1 unspecified atom stereocenters. The van der Waals surface area contributed by atoms with E-state index in [0.29, 0.717) is 58.9 Å². The molecule has 73 heavy (non-hydrogen) atoms. The Bertz CT molecular complexity index is 1270. The van der Waals surface area contributed by atoms with Crippen LogP contribution >= 0.6 is 0 Å². The molecule has 0 N–H and O–H groups in total. The van der Waals surface area contributed by atoms with Crippen LogP contribution in [0.2, 0.25) is 0 Å². The van der Waals surface area contributed by atoms with E-state index >= 15 is 0 Å². The monoisotopic (exact) mass is 1040 g/mol. The molecule has 0 aromatic heterocycles. The first-order valence-corrected chi connectivity index (χ1v) is 30.5. The van der Waals surface area contributed by atoms with Crippen molar-refractivity contribution in [1.82, 2.24) is 4.90 Å². The van der Waals surface area contributed by atoms with Gasteiger partial charge in [-0.3, -0.25) is 24.1 Å². The topological polar surface area (TPSA) is 145 Å². The fourth-order valence-electron chi connectivity index (χ4n) is 9.11. The molecule has 1 aliphatic rings. The maximum atomic E-state index is 12.7. The maximum absolute atomic E-state index is 12.7. The van der Waals surface area contributed by atoms with Crippen LogP contribution in [0.15, 0.2) is 0 Å². The van der Waals surface area contributed by atoms with Crippen LogP contribution in [-0.4, -0.2) is 120 Å². The summed E-state index contributed by atoms with van der Waals surface area (Å²) >= 11 is 0. The smallest absolute Gasteiger partial charge is 0.320 e. The third-order valence-electron chi connectivity index (χ3n) is 13.6. The minimum atomic E-state index is -0.623. The molecular weight excluding hydrogens is 927 g/mol. The van der Waals surface area contributed by atoms with Crippen LogP contribution in [-0.2, 0) is 57.1 Å². The van der Waals surface area contributed by atoms with Crippen molar-refractivity contribution in [3.8, 4) is 0 Å². The number of likely N-dealkylation sites (N-methyl/N-ethyl adjacent to an activating group) is 1. The highest BCUT2D eigenvalue weighted by molar-refractivity contribution is 5.71. The average molecular weight is 1040 g/mol. The van der Waals surface area contributed by atoms with E-state index in [0.717, 1.165) is 173 Å². The zero-order valence-corrected chi connectivity index (χ0v) is 47.9. The number of rotatable bonds is 55. The van der Waals surface area contributed by atoms with Crippen molar-refractivity contribution in [3.05, 3.63) is 0 Å². The largest absolute Gasteiger partial charge is 0.466 e. The highest BCUT2D eigenvalue weighted by Crippen LogP contribution is 2.29. The van der Waals surface area contributed by atoms with Gasteiger partial charge in [0.05, 0.1) is 26.4 Å². The van der Waals surface area contributed by atoms with Crippen molar-refractivity contribution in [2.75, 3.05) is 66.9 Å². The lowest BCUT2D eigenvalue weighted by Crippen LogP contribution is -2.40. The van der Waals surface area contributed by atoms with Crippen molar-refractivity contribution >= 4 is 23.9 Å². The Morgan fingerprint density at radius 1 is 0.342 bits per heavy atom. The van der Waals surface area contributed by atoms with Gasteiger partial charge in [-0.25, -0.2) is 0 Å². The van der Waals surface area contributed by atoms with Crippen LogP contribution in [0.5, 0.6) is 0 Å². The van der Waals surface area contributed by atoms with E-state index in [-0.39, 0.29) is 37.0 Å². The van der Waals surface area contributed by atoms with Gasteiger partial charge in [0.2, 0.25) is 0 Å². The van der Waals surface area contributed by atoms with Gasteiger partial charge in [-0.1, -0.05) is 194 Å². The minimum absolute atomic E-state index is 0.0571. The number of hydrogen-bond donors (Lipinski definition) is 0. The highest BCUT2D eigenvalue weighted by atomic mass is 16.7. The third-order valence-corrected chi connectivity index (χ3v) is 13.6. The fourth-order valence-corrected chi connectivity index (χ4v) is 9.11. The third kappa shape index (κ3) is 43.5. The van der Waals surface area contributed by atoms with Gasteiger partial charge >= 0.3 is 23.9 Å². The Labute approximate surface area is 447 Å². The molecule has 0 aliphatic carbocycles. The molecular formula is C60H113NO12. The zero-order chi connectivity index (χ0) is 53.1. The van der Waals surface area contributed by atoms with Crippen LogP contribution in [0.1, 0.15) is 271 Å². The molecule has 0 bridgehead atoms. The van der Waals surface area contributed by atoms with Crippen molar-refractivity contribution in [2.45, 2.75) is 296 Å². The fraction of sp³-hybridized carbons (Fsp3) is 0.933. The van der Waals surface area contributed by atoms with Gasteiger partial charge in [-0.15, -0.1) is 0 Å². The van der Waals surface area contributed by atoms with Crippen LogP contribution < -0.4 is 0 Å². The van der Waals surface area contributed by atoms with Gasteiger partial charge in [0, 0.05) is 39.1 Å². The van der Waals surface area contributed by atoms with Crippen LogP contribution in [0, 0.1) is 0 Å². The predicted molar refractivity (Wildman–Crippen MR) is 294 cm³/mol. The summed E-state index contributed by atoms with van der Waals surface area (Å²) in [6, 6.07) is 0. The van der Waals surface area contributed by atoms with E-state index in [9.17, 15) is 19.2 Å². The summed E-state index contributed by atoms with van der Waals surface area (Å²) < 4.78 is 48.2. The molecule has 1 heterocycles. The summed E-state index contributed by atoms with van der Waals surface area (Å²) in [5, 5.41) is 0. The molecule has 13 nitrogen and oxygen atoms in total. The van der Waals surface area contributed by atoms with E-state index in [4.69, 9.17) is 37.9 Å². The first kappa shape index (κ1) is 68.7. The van der Waals surface area contributed by atoms with E-state index in [2.05, 4.69) is 20.8 Å². The first-order chi connectivity index (χ1) is 35.7. The molecule has 0 amide bonds. The van der Waals surface area contributed by atoms with E-state index in [1.165, 1.54) is 57.8 Å². The van der Waals surface area contributed by atoms with E-state index in [1.807, 2.05) is 14.1 Å². The average Bonchev–Trinajstić information content (AvgIpc) is 3.70. The van der Waals surface area contributed by atoms with Crippen molar-refractivity contribution < 1.29 is 57.1 Å². The maximum Gasteiger partial charge on any atom is 0.320 e. The molecule has 1 rings (SSSR count). The minimum Gasteiger partial charge on any atom is -0.466 e. The van der Waals surface area contributed by atoms with Gasteiger partial charge in [-0.2, -0.15) is 0 Å². The molecule has 1 fully saturated rings. The lowest BCUT2D eigenvalue weighted by atomic mass is 10.1. The van der Waals surface area contributed by atoms with Crippen molar-refractivity contribution in [1.29, 1.82) is 0 Å².